The Morgan fingerprint density at radius 2 is 1.92 bits per heavy atom. The fourth-order valence-electron chi connectivity index (χ4n) is 2.35. The molecule has 0 aliphatic rings. The third-order valence-corrected chi connectivity index (χ3v) is 6.16. The summed E-state index contributed by atoms with van der Waals surface area (Å²) in [6.07, 6.45) is 1.66. The molecule has 8 heteroatoms. The summed E-state index contributed by atoms with van der Waals surface area (Å²) in [5.74, 6) is 0.699. The Balaban J connectivity index is 2.38. The molecule has 0 unspecified atom stereocenters. The number of hydrogen-bond acceptors (Lipinski definition) is 4. The highest BCUT2D eigenvalue weighted by atomic mass is 35.5. The number of sulfonamides is 1. The van der Waals surface area contributed by atoms with Crippen LogP contribution < -0.4 is 9.62 Å². The molecule has 0 saturated heterocycles. The highest BCUT2D eigenvalue weighted by Crippen LogP contribution is 2.33. The summed E-state index contributed by atoms with van der Waals surface area (Å²) < 4.78 is 28.1. The number of nitrogens with one attached hydrogen (secondary N) is 1. The highest BCUT2D eigenvalue weighted by Gasteiger charge is 2.24. The molecule has 0 atom stereocenters. The Kier molecular flexibility index (Phi) is 5.75. The minimum absolute atomic E-state index is 0.0180. The molecular weight excluding hydrogens is 369 g/mol. The molecule has 5 nitrogen and oxygen atoms in total. The van der Waals surface area contributed by atoms with E-state index in [1.807, 2.05) is 25.1 Å². The fraction of sp³-hybridized carbons (Fsp3) is 0.312. The van der Waals surface area contributed by atoms with Crippen molar-refractivity contribution in [3.05, 3.63) is 51.1 Å². The third kappa shape index (κ3) is 3.83. The van der Waals surface area contributed by atoms with Crippen LogP contribution in [-0.4, -0.2) is 27.5 Å². The predicted molar refractivity (Wildman–Crippen MR) is 98.5 cm³/mol. The molecule has 24 heavy (non-hydrogen) atoms. The number of aryl methyl sites for hydroxylation is 1. The number of benzene rings is 1. The van der Waals surface area contributed by atoms with Crippen molar-refractivity contribution < 1.29 is 8.42 Å². The van der Waals surface area contributed by atoms with Crippen molar-refractivity contribution in [2.45, 2.75) is 25.3 Å². The zero-order valence-corrected chi connectivity index (χ0v) is 16.2. The fourth-order valence-corrected chi connectivity index (χ4v) is 4.56. The maximum Gasteiger partial charge on any atom is 0.242 e. The molecule has 0 aliphatic carbocycles. The smallest absolute Gasteiger partial charge is 0.242 e. The number of halogens is 2. The van der Waals surface area contributed by atoms with Crippen LogP contribution in [0.5, 0.6) is 0 Å². The van der Waals surface area contributed by atoms with Crippen molar-refractivity contribution >= 4 is 39.0 Å². The Morgan fingerprint density at radius 1 is 1.25 bits per heavy atom. The lowest BCUT2D eigenvalue weighted by Gasteiger charge is -2.17. The second kappa shape index (κ2) is 7.27. The lowest BCUT2D eigenvalue weighted by molar-refractivity contribution is 0.580. The van der Waals surface area contributed by atoms with Crippen LogP contribution in [0.2, 0.25) is 10.0 Å². The molecular formula is C16H19Cl2N3O2S. The first-order valence-corrected chi connectivity index (χ1v) is 9.45. The van der Waals surface area contributed by atoms with Gasteiger partial charge >= 0.3 is 0 Å². The summed E-state index contributed by atoms with van der Waals surface area (Å²) in [6, 6.07) is 5.24. The summed E-state index contributed by atoms with van der Waals surface area (Å²) in [5, 5.41) is 0.552. The summed E-state index contributed by atoms with van der Waals surface area (Å²) in [4.78, 5) is 6.10. The van der Waals surface area contributed by atoms with Crippen LogP contribution >= 0.6 is 23.2 Å². The van der Waals surface area contributed by atoms with Gasteiger partial charge in [-0.15, -0.1) is 0 Å². The van der Waals surface area contributed by atoms with Crippen LogP contribution in [0.4, 0.5) is 5.82 Å². The van der Waals surface area contributed by atoms with Gasteiger partial charge in [0, 0.05) is 37.4 Å². The van der Waals surface area contributed by atoms with Gasteiger partial charge in [-0.05, 0) is 37.1 Å². The predicted octanol–water partition coefficient (Wildman–Crippen LogP) is 3.55. The molecule has 0 saturated carbocycles. The lowest BCUT2D eigenvalue weighted by Crippen LogP contribution is -2.26. The maximum atomic E-state index is 12.7. The van der Waals surface area contributed by atoms with E-state index in [0.29, 0.717) is 22.0 Å². The van der Waals surface area contributed by atoms with Crippen molar-refractivity contribution in [3.63, 3.8) is 0 Å². The monoisotopic (exact) mass is 387 g/mol. The van der Waals surface area contributed by atoms with Gasteiger partial charge in [0.15, 0.2) is 0 Å². The van der Waals surface area contributed by atoms with Gasteiger partial charge < -0.3 is 4.90 Å². The Labute approximate surface area is 152 Å². The third-order valence-electron chi connectivity index (χ3n) is 3.60. The average molecular weight is 388 g/mol. The minimum Gasteiger partial charge on any atom is -0.362 e. The van der Waals surface area contributed by atoms with Crippen molar-refractivity contribution in [2.24, 2.45) is 0 Å². The van der Waals surface area contributed by atoms with E-state index < -0.39 is 10.0 Å². The van der Waals surface area contributed by atoms with Crippen molar-refractivity contribution in [1.29, 1.82) is 0 Å². The number of nitrogens with zero attached hydrogens (tertiary/aromatic N) is 2. The molecule has 0 fully saturated rings. The Bertz CT molecular complexity index is 842. The molecule has 1 N–H and O–H groups in total. The maximum absolute atomic E-state index is 12.7. The standard InChI is InChI=1S/C16H19Cl2N3O2S/c1-10-8-13(17)11(2)15(14(10)18)24(22,23)20-9-12-6-5-7-19-16(12)21(3)4/h5-8,20H,9H2,1-4H3. The molecule has 1 heterocycles. The molecule has 0 aliphatic heterocycles. The van der Waals surface area contributed by atoms with E-state index in [1.165, 1.54) is 0 Å². The van der Waals surface area contributed by atoms with Gasteiger partial charge in [-0.25, -0.2) is 18.1 Å². The normalized spacial score (nSPS) is 11.6. The van der Waals surface area contributed by atoms with E-state index in [4.69, 9.17) is 23.2 Å². The van der Waals surface area contributed by atoms with Crippen LogP contribution in [0.1, 0.15) is 16.7 Å². The van der Waals surface area contributed by atoms with Crippen molar-refractivity contribution in [1.82, 2.24) is 9.71 Å². The molecule has 2 rings (SSSR count). The second-order valence-corrected chi connectivity index (χ2v) is 8.14. The van der Waals surface area contributed by atoms with Gasteiger partial charge in [-0.2, -0.15) is 0 Å². The molecule has 0 spiro atoms. The topological polar surface area (TPSA) is 62.3 Å². The van der Waals surface area contributed by atoms with Gasteiger partial charge in [-0.1, -0.05) is 29.3 Å². The Hall–Kier alpha value is -1.34. The lowest BCUT2D eigenvalue weighted by atomic mass is 10.2. The van der Waals surface area contributed by atoms with Gasteiger partial charge in [0.05, 0.1) is 5.02 Å². The van der Waals surface area contributed by atoms with E-state index in [2.05, 4.69) is 9.71 Å². The van der Waals surface area contributed by atoms with Crippen molar-refractivity contribution in [3.8, 4) is 0 Å². The van der Waals surface area contributed by atoms with Crippen LogP contribution in [0.25, 0.3) is 0 Å². The average Bonchev–Trinajstić information content (AvgIpc) is 2.51. The van der Waals surface area contributed by atoms with Gasteiger partial charge in [-0.3, -0.25) is 0 Å². The summed E-state index contributed by atoms with van der Waals surface area (Å²) in [5.41, 5.74) is 1.81. The van der Waals surface area contributed by atoms with E-state index in [9.17, 15) is 8.42 Å². The summed E-state index contributed by atoms with van der Waals surface area (Å²) in [7, 11) is -0.122. The number of pyridine rings is 1. The van der Waals surface area contributed by atoms with E-state index >= 15 is 0 Å². The highest BCUT2D eigenvalue weighted by molar-refractivity contribution is 7.89. The van der Waals surface area contributed by atoms with Crippen LogP contribution in [0.3, 0.4) is 0 Å². The Morgan fingerprint density at radius 3 is 2.54 bits per heavy atom. The number of anilines is 1. The van der Waals surface area contributed by atoms with Crippen LogP contribution in [0.15, 0.2) is 29.3 Å². The van der Waals surface area contributed by atoms with E-state index in [1.54, 1.807) is 32.2 Å². The van der Waals surface area contributed by atoms with Crippen LogP contribution in [-0.2, 0) is 16.6 Å². The molecule has 2 aromatic rings. The van der Waals surface area contributed by atoms with Crippen molar-refractivity contribution in [2.75, 3.05) is 19.0 Å². The molecule has 130 valence electrons. The van der Waals surface area contributed by atoms with Gasteiger partial charge in [0.1, 0.15) is 10.7 Å². The zero-order valence-electron chi connectivity index (χ0n) is 13.9. The SMILES string of the molecule is Cc1cc(Cl)c(C)c(S(=O)(=O)NCc2cccnc2N(C)C)c1Cl. The number of rotatable bonds is 5. The molecule has 0 bridgehead atoms. The first-order valence-electron chi connectivity index (χ1n) is 7.21. The summed E-state index contributed by atoms with van der Waals surface area (Å²) in [6.45, 7) is 3.46. The van der Waals surface area contributed by atoms with Gasteiger partial charge in [0.2, 0.25) is 10.0 Å². The molecule has 0 amide bonds. The van der Waals surface area contributed by atoms with Gasteiger partial charge in [0.25, 0.3) is 0 Å². The molecule has 1 aromatic carbocycles. The van der Waals surface area contributed by atoms with E-state index in [0.717, 1.165) is 5.56 Å². The second-order valence-electron chi connectivity index (χ2n) is 5.65. The first kappa shape index (κ1) is 19.0. The van der Waals surface area contributed by atoms with Crippen LogP contribution in [0, 0.1) is 13.8 Å². The zero-order chi connectivity index (χ0) is 18.1. The first-order chi connectivity index (χ1) is 11.1. The largest absolute Gasteiger partial charge is 0.362 e. The quantitative estimate of drug-likeness (QED) is 0.851. The molecule has 1 aromatic heterocycles. The van der Waals surface area contributed by atoms with E-state index in [-0.39, 0.29) is 16.5 Å². The number of aromatic nitrogens is 1. The number of hydrogen-bond donors (Lipinski definition) is 1. The summed E-state index contributed by atoms with van der Waals surface area (Å²) >= 11 is 12.3. The minimum atomic E-state index is -3.82. The molecule has 0 radical (unpaired) electrons.